The van der Waals surface area contributed by atoms with Crippen molar-refractivity contribution in [2.75, 3.05) is 18.0 Å². The molecule has 3 rings (SSSR count). The van der Waals surface area contributed by atoms with Crippen LogP contribution in [0.3, 0.4) is 0 Å². The SMILES string of the molecule is S=C1NCCCN1c1cccc2ccccc12. The first kappa shape index (κ1) is 10.5. The summed E-state index contributed by atoms with van der Waals surface area (Å²) in [5.74, 6) is 0. The topological polar surface area (TPSA) is 15.3 Å². The first-order valence-corrected chi connectivity index (χ1v) is 6.30. The number of benzene rings is 2. The van der Waals surface area contributed by atoms with Crippen molar-refractivity contribution in [2.24, 2.45) is 0 Å². The van der Waals surface area contributed by atoms with Crippen molar-refractivity contribution in [3.05, 3.63) is 42.5 Å². The monoisotopic (exact) mass is 242 g/mol. The van der Waals surface area contributed by atoms with Crippen molar-refractivity contribution in [2.45, 2.75) is 6.42 Å². The van der Waals surface area contributed by atoms with E-state index in [0.29, 0.717) is 0 Å². The Bertz CT molecular complexity index is 560. The Hall–Kier alpha value is -1.61. The molecule has 2 nitrogen and oxygen atoms in total. The van der Waals surface area contributed by atoms with Crippen molar-refractivity contribution in [3.63, 3.8) is 0 Å². The molecule has 0 saturated carbocycles. The van der Waals surface area contributed by atoms with Crippen LogP contribution in [0.5, 0.6) is 0 Å². The van der Waals surface area contributed by atoms with Crippen molar-refractivity contribution < 1.29 is 0 Å². The molecule has 0 unspecified atom stereocenters. The highest BCUT2D eigenvalue weighted by Crippen LogP contribution is 2.27. The quantitative estimate of drug-likeness (QED) is 0.774. The highest BCUT2D eigenvalue weighted by atomic mass is 32.1. The van der Waals surface area contributed by atoms with Crippen LogP contribution >= 0.6 is 12.2 Å². The van der Waals surface area contributed by atoms with E-state index in [0.717, 1.165) is 24.6 Å². The summed E-state index contributed by atoms with van der Waals surface area (Å²) in [6.07, 6.45) is 1.13. The highest BCUT2D eigenvalue weighted by Gasteiger charge is 2.17. The van der Waals surface area contributed by atoms with Gasteiger partial charge in [-0.3, -0.25) is 0 Å². The zero-order valence-corrected chi connectivity index (χ0v) is 10.3. The summed E-state index contributed by atoms with van der Waals surface area (Å²) in [6.45, 7) is 1.99. The highest BCUT2D eigenvalue weighted by molar-refractivity contribution is 7.80. The largest absolute Gasteiger partial charge is 0.362 e. The molecule has 1 aliphatic rings. The van der Waals surface area contributed by atoms with E-state index in [1.807, 2.05) is 0 Å². The second-order valence-electron chi connectivity index (χ2n) is 4.24. The lowest BCUT2D eigenvalue weighted by Gasteiger charge is -2.31. The molecule has 1 aliphatic heterocycles. The van der Waals surface area contributed by atoms with Crippen LogP contribution in [0.15, 0.2) is 42.5 Å². The molecule has 3 heteroatoms. The molecule has 1 saturated heterocycles. The van der Waals surface area contributed by atoms with Gasteiger partial charge in [-0.15, -0.1) is 0 Å². The van der Waals surface area contributed by atoms with Crippen LogP contribution in [-0.2, 0) is 0 Å². The third-order valence-corrected chi connectivity index (χ3v) is 3.50. The molecule has 17 heavy (non-hydrogen) atoms. The summed E-state index contributed by atoms with van der Waals surface area (Å²) in [5.41, 5.74) is 1.21. The van der Waals surface area contributed by atoms with Gasteiger partial charge in [0.1, 0.15) is 0 Å². The minimum atomic E-state index is 0.840. The summed E-state index contributed by atoms with van der Waals surface area (Å²) in [5, 5.41) is 6.62. The molecule has 0 bridgehead atoms. The second kappa shape index (κ2) is 4.34. The van der Waals surface area contributed by atoms with E-state index in [9.17, 15) is 0 Å². The molecular formula is C14H14N2S. The van der Waals surface area contributed by atoms with Gasteiger partial charge in [0, 0.05) is 18.5 Å². The molecule has 0 aromatic heterocycles. The number of hydrogen-bond acceptors (Lipinski definition) is 1. The fourth-order valence-electron chi connectivity index (χ4n) is 2.30. The van der Waals surface area contributed by atoms with E-state index in [1.165, 1.54) is 16.5 Å². The van der Waals surface area contributed by atoms with Gasteiger partial charge in [0.15, 0.2) is 5.11 Å². The molecule has 0 radical (unpaired) electrons. The maximum Gasteiger partial charge on any atom is 0.173 e. The van der Waals surface area contributed by atoms with Gasteiger partial charge in [-0.05, 0) is 30.1 Å². The van der Waals surface area contributed by atoms with Crippen molar-refractivity contribution in [3.8, 4) is 0 Å². The van der Waals surface area contributed by atoms with Gasteiger partial charge >= 0.3 is 0 Å². The zero-order valence-electron chi connectivity index (χ0n) is 9.52. The molecule has 0 aliphatic carbocycles. The normalized spacial score (nSPS) is 16.0. The van der Waals surface area contributed by atoms with Crippen LogP contribution in [0.25, 0.3) is 10.8 Å². The van der Waals surface area contributed by atoms with Crippen LogP contribution in [0.4, 0.5) is 5.69 Å². The van der Waals surface area contributed by atoms with Crippen molar-refractivity contribution >= 4 is 33.8 Å². The van der Waals surface area contributed by atoms with Gasteiger partial charge in [-0.2, -0.15) is 0 Å². The first-order chi connectivity index (χ1) is 8.36. The molecule has 86 valence electrons. The Labute approximate surface area is 106 Å². The molecule has 1 heterocycles. The van der Waals surface area contributed by atoms with Gasteiger partial charge in [-0.1, -0.05) is 36.4 Å². The lowest BCUT2D eigenvalue weighted by Crippen LogP contribution is -2.46. The maximum absolute atomic E-state index is 5.39. The molecule has 2 aromatic carbocycles. The van der Waals surface area contributed by atoms with Gasteiger partial charge in [-0.25, -0.2) is 0 Å². The molecule has 0 spiro atoms. The van der Waals surface area contributed by atoms with Crippen LogP contribution in [-0.4, -0.2) is 18.2 Å². The molecule has 2 aromatic rings. The van der Waals surface area contributed by atoms with Crippen LogP contribution in [0.1, 0.15) is 6.42 Å². The van der Waals surface area contributed by atoms with E-state index in [-0.39, 0.29) is 0 Å². The van der Waals surface area contributed by atoms with E-state index in [2.05, 4.69) is 52.7 Å². The minimum Gasteiger partial charge on any atom is -0.362 e. The average Bonchev–Trinajstić information content (AvgIpc) is 2.39. The molecule has 0 atom stereocenters. The predicted molar refractivity (Wildman–Crippen MR) is 76.5 cm³/mol. The van der Waals surface area contributed by atoms with Gasteiger partial charge in [0.05, 0.1) is 5.69 Å². The molecule has 1 N–H and O–H groups in total. The van der Waals surface area contributed by atoms with Gasteiger partial charge in [0.2, 0.25) is 0 Å². The Morgan fingerprint density at radius 3 is 2.76 bits per heavy atom. The van der Waals surface area contributed by atoms with E-state index >= 15 is 0 Å². The van der Waals surface area contributed by atoms with Crippen LogP contribution < -0.4 is 10.2 Å². The van der Waals surface area contributed by atoms with Crippen LogP contribution in [0, 0.1) is 0 Å². The smallest absolute Gasteiger partial charge is 0.173 e. The molecular weight excluding hydrogens is 228 g/mol. The summed E-state index contributed by atoms with van der Waals surface area (Å²) >= 11 is 5.39. The number of anilines is 1. The number of hydrogen-bond donors (Lipinski definition) is 1. The summed E-state index contributed by atoms with van der Waals surface area (Å²) in [7, 11) is 0. The Kier molecular flexibility index (Phi) is 2.69. The first-order valence-electron chi connectivity index (χ1n) is 5.89. The summed E-state index contributed by atoms with van der Waals surface area (Å²) in [6, 6.07) is 14.8. The Morgan fingerprint density at radius 1 is 1.06 bits per heavy atom. The van der Waals surface area contributed by atoms with Crippen LogP contribution in [0.2, 0.25) is 0 Å². The maximum atomic E-state index is 5.39. The third-order valence-electron chi connectivity index (χ3n) is 3.14. The van der Waals surface area contributed by atoms with Crippen molar-refractivity contribution in [1.82, 2.24) is 5.32 Å². The van der Waals surface area contributed by atoms with E-state index in [4.69, 9.17) is 12.2 Å². The number of thiocarbonyl (C=S) groups is 1. The number of nitrogens with one attached hydrogen (secondary N) is 1. The fourth-order valence-corrected chi connectivity index (χ4v) is 2.59. The Morgan fingerprint density at radius 2 is 1.88 bits per heavy atom. The summed E-state index contributed by atoms with van der Waals surface area (Å²) in [4.78, 5) is 2.20. The fraction of sp³-hybridized carbons (Fsp3) is 0.214. The number of nitrogens with zero attached hydrogens (tertiary/aromatic N) is 1. The average molecular weight is 242 g/mol. The number of fused-ring (bicyclic) bond motifs is 1. The minimum absolute atomic E-state index is 0.840. The predicted octanol–water partition coefficient (Wildman–Crippen LogP) is 2.92. The van der Waals surface area contributed by atoms with Gasteiger partial charge in [0.25, 0.3) is 0 Å². The zero-order chi connectivity index (χ0) is 11.7. The Balaban J connectivity index is 2.13. The molecule has 1 fully saturated rings. The molecule has 0 amide bonds. The van der Waals surface area contributed by atoms with E-state index < -0.39 is 0 Å². The lowest BCUT2D eigenvalue weighted by atomic mass is 10.1. The van der Waals surface area contributed by atoms with E-state index in [1.54, 1.807) is 0 Å². The van der Waals surface area contributed by atoms with Crippen molar-refractivity contribution in [1.29, 1.82) is 0 Å². The number of rotatable bonds is 1. The lowest BCUT2D eigenvalue weighted by molar-refractivity contribution is 0.724. The summed E-state index contributed by atoms with van der Waals surface area (Å²) < 4.78 is 0. The second-order valence-corrected chi connectivity index (χ2v) is 4.62. The third kappa shape index (κ3) is 1.87. The van der Waals surface area contributed by atoms with Gasteiger partial charge < -0.3 is 10.2 Å². The standard InChI is InChI=1S/C14H14N2S/c17-14-15-9-4-10-16(14)13-8-3-6-11-5-1-2-7-12(11)13/h1-3,5-8H,4,9-10H2,(H,15,17).